The minimum Gasteiger partial charge on any atom is -0.326 e. The van der Waals surface area contributed by atoms with E-state index in [4.69, 9.17) is 23.2 Å². The van der Waals surface area contributed by atoms with E-state index in [1.807, 2.05) is 12.1 Å². The highest BCUT2D eigenvalue weighted by Crippen LogP contribution is 2.20. The van der Waals surface area contributed by atoms with E-state index in [-0.39, 0.29) is 29.5 Å². The summed E-state index contributed by atoms with van der Waals surface area (Å²) in [4.78, 5) is 24.1. The van der Waals surface area contributed by atoms with Crippen LogP contribution in [0.5, 0.6) is 0 Å². The monoisotopic (exact) mass is 419 g/mol. The van der Waals surface area contributed by atoms with Gasteiger partial charge in [0.2, 0.25) is 5.91 Å². The molecule has 0 fully saturated rings. The molecule has 1 aromatic heterocycles. The molecular formula is C20H16Cl2FN3O2. The molecule has 0 saturated carbocycles. The van der Waals surface area contributed by atoms with E-state index in [1.54, 1.807) is 18.2 Å². The van der Waals surface area contributed by atoms with Crippen molar-refractivity contribution in [3.8, 4) is 11.3 Å². The Morgan fingerprint density at radius 3 is 2.54 bits per heavy atom. The number of aryl methyl sites for hydroxylation is 1. The normalized spacial score (nSPS) is 10.7. The molecular weight excluding hydrogens is 404 g/mol. The van der Waals surface area contributed by atoms with Gasteiger partial charge in [0, 0.05) is 35.3 Å². The fourth-order valence-corrected chi connectivity index (χ4v) is 2.88. The highest BCUT2D eigenvalue weighted by Gasteiger charge is 2.07. The third kappa shape index (κ3) is 5.18. The second-order valence-corrected chi connectivity index (χ2v) is 6.91. The summed E-state index contributed by atoms with van der Waals surface area (Å²) in [7, 11) is 0. The fourth-order valence-electron chi connectivity index (χ4n) is 2.57. The maximum Gasteiger partial charge on any atom is 0.266 e. The number of carbonyl (C=O) groups is 1. The predicted octanol–water partition coefficient (Wildman–Crippen LogP) is 4.78. The van der Waals surface area contributed by atoms with Crippen molar-refractivity contribution in [2.45, 2.75) is 19.4 Å². The number of nitrogens with one attached hydrogen (secondary N) is 1. The summed E-state index contributed by atoms with van der Waals surface area (Å²) in [6.45, 7) is 0.290. The molecule has 28 heavy (non-hydrogen) atoms. The van der Waals surface area contributed by atoms with Crippen LogP contribution in [0, 0.1) is 5.82 Å². The van der Waals surface area contributed by atoms with Crippen LogP contribution < -0.4 is 10.9 Å². The van der Waals surface area contributed by atoms with Crippen LogP contribution in [0.1, 0.15) is 12.8 Å². The SMILES string of the molecule is O=C(CCCn1nc(-c2ccc(Cl)cc2)ccc1=O)Nc1ccc(F)c(Cl)c1. The van der Waals surface area contributed by atoms with Crippen LogP contribution in [-0.4, -0.2) is 15.7 Å². The molecule has 0 bridgehead atoms. The Hall–Kier alpha value is -2.70. The van der Waals surface area contributed by atoms with Crippen LogP contribution in [0.4, 0.5) is 10.1 Å². The minimum absolute atomic E-state index is 0.0624. The van der Waals surface area contributed by atoms with E-state index in [2.05, 4.69) is 10.4 Å². The van der Waals surface area contributed by atoms with Crippen molar-refractivity contribution < 1.29 is 9.18 Å². The van der Waals surface area contributed by atoms with Gasteiger partial charge in [-0.3, -0.25) is 9.59 Å². The number of nitrogens with zero attached hydrogens (tertiary/aromatic N) is 2. The number of rotatable bonds is 6. The van der Waals surface area contributed by atoms with Gasteiger partial charge in [-0.1, -0.05) is 35.3 Å². The van der Waals surface area contributed by atoms with Crippen molar-refractivity contribution in [1.82, 2.24) is 9.78 Å². The Balaban J connectivity index is 1.60. The molecule has 1 heterocycles. The molecule has 1 amide bonds. The molecule has 0 atom stereocenters. The van der Waals surface area contributed by atoms with Gasteiger partial charge in [-0.05, 0) is 42.8 Å². The zero-order valence-electron chi connectivity index (χ0n) is 14.7. The van der Waals surface area contributed by atoms with Gasteiger partial charge in [0.05, 0.1) is 10.7 Å². The number of carbonyl (C=O) groups excluding carboxylic acids is 1. The molecule has 3 aromatic rings. The second-order valence-electron chi connectivity index (χ2n) is 6.07. The van der Waals surface area contributed by atoms with E-state index in [0.29, 0.717) is 22.8 Å². The number of benzene rings is 2. The Kier molecular flexibility index (Phi) is 6.44. The molecule has 0 aliphatic carbocycles. The Labute approximate surface area is 170 Å². The zero-order valence-corrected chi connectivity index (χ0v) is 16.2. The number of hydrogen-bond donors (Lipinski definition) is 1. The summed E-state index contributed by atoms with van der Waals surface area (Å²) in [5.74, 6) is -0.810. The van der Waals surface area contributed by atoms with Gasteiger partial charge in [-0.2, -0.15) is 5.10 Å². The molecule has 0 saturated heterocycles. The van der Waals surface area contributed by atoms with Gasteiger partial charge in [0.25, 0.3) is 5.56 Å². The second kappa shape index (κ2) is 8.99. The molecule has 1 N–H and O–H groups in total. The molecule has 0 radical (unpaired) electrons. The van der Waals surface area contributed by atoms with Crippen LogP contribution in [-0.2, 0) is 11.3 Å². The number of amides is 1. The van der Waals surface area contributed by atoms with Crippen LogP contribution in [0.15, 0.2) is 59.4 Å². The lowest BCUT2D eigenvalue weighted by Gasteiger charge is -2.08. The molecule has 0 spiro atoms. The molecule has 0 aliphatic rings. The Morgan fingerprint density at radius 1 is 1.07 bits per heavy atom. The summed E-state index contributed by atoms with van der Waals surface area (Å²) >= 11 is 11.6. The van der Waals surface area contributed by atoms with Crippen LogP contribution in [0.25, 0.3) is 11.3 Å². The molecule has 8 heteroatoms. The van der Waals surface area contributed by atoms with Crippen molar-refractivity contribution >= 4 is 34.8 Å². The first-order chi connectivity index (χ1) is 13.4. The van der Waals surface area contributed by atoms with E-state index in [9.17, 15) is 14.0 Å². The summed E-state index contributed by atoms with van der Waals surface area (Å²) in [6.07, 6.45) is 0.589. The van der Waals surface area contributed by atoms with Gasteiger partial charge < -0.3 is 5.32 Å². The first-order valence-corrected chi connectivity index (χ1v) is 9.27. The Bertz CT molecular complexity index is 1050. The summed E-state index contributed by atoms with van der Waals surface area (Å²) < 4.78 is 14.5. The highest BCUT2D eigenvalue weighted by molar-refractivity contribution is 6.31. The third-order valence-corrected chi connectivity index (χ3v) is 4.53. The molecule has 5 nitrogen and oxygen atoms in total. The summed E-state index contributed by atoms with van der Waals surface area (Å²) in [5, 5.41) is 7.54. The van der Waals surface area contributed by atoms with E-state index in [0.717, 1.165) is 5.56 Å². The third-order valence-electron chi connectivity index (χ3n) is 3.98. The number of hydrogen-bond acceptors (Lipinski definition) is 3. The maximum atomic E-state index is 13.1. The number of halogens is 3. The van der Waals surface area contributed by atoms with Crippen molar-refractivity contribution in [2.24, 2.45) is 0 Å². The van der Waals surface area contributed by atoms with Crippen LogP contribution in [0.2, 0.25) is 10.0 Å². The van der Waals surface area contributed by atoms with Gasteiger partial charge in [0.15, 0.2) is 0 Å². The largest absolute Gasteiger partial charge is 0.326 e. The lowest BCUT2D eigenvalue weighted by atomic mass is 10.1. The summed E-state index contributed by atoms with van der Waals surface area (Å²) in [6, 6.07) is 14.2. The van der Waals surface area contributed by atoms with Crippen molar-refractivity contribution in [3.63, 3.8) is 0 Å². The highest BCUT2D eigenvalue weighted by atomic mass is 35.5. The minimum atomic E-state index is -0.550. The maximum absolute atomic E-state index is 13.1. The predicted molar refractivity (Wildman–Crippen MR) is 108 cm³/mol. The lowest BCUT2D eigenvalue weighted by Crippen LogP contribution is -2.23. The van der Waals surface area contributed by atoms with E-state index in [1.165, 1.54) is 28.9 Å². The zero-order chi connectivity index (χ0) is 20.1. The molecule has 0 aliphatic heterocycles. The first kappa shape index (κ1) is 20.0. The first-order valence-electron chi connectivity index (χ1n) is 8.51. The van der Waals surface area contributed by atoms with Crippen molar-refractivity contribution in [3.05, 3.63) is 80.8 Å². The fraction of sp³-hybridized carbons (Fsp3) is 0.150. The van der Waals surface area contributed by atoms with E-state index >= 15 is 0 Å². The lowest BCUT2D eigenvalue weighted by molar-refractivity contribution is -0.116. The summed E-state index contributed by atoms with van der Waals surface area (Å²) in [5.41, 5.74) is 1.64. The standard InChI is InChI=1S/C20H16Cl2FN3O2/c21-14-5-3-13(4-6-14)18-9-10-20(28)26(25-18)11-1-2-19(27)24-15-7-8-17(23)16(22)12-15/h3-10,12H,1-2,11H2,(H,24,27). The quantitative estimate of drug-likeness (QED) is 0.625. The van der Waals surface area contributed by atoms with Crippen molar-refractivity contribution in [2.75, 3.05) is 5.32 Å². The van der Waals surface area contributed by atoms with Crippen molar-refractivity contribution in [1.29, 1.82) is 0 Å². The van der Waals surface area contributed by atoms with Crippen LogP contribution in [0.3, 0.4) is 0 Å². The molecule has 2 aromatic carbocycles. The average molecular weight is 420 g/mol. The van der Waals surface area contributed by atoms with Gasteiger partial charge in [-0.15, -0.1) is 0 Å². The number of anilines is 1. The molecule has 3 rings (SSSR count). The molecule has 144 valence electrons. The van der Waals surface area contributed by atoms with Crippen LogP contribution >= 0.6 is 23.2 Å². The van der Waals surface area contributed by atoms with Gasteiger partial charge in [-0.25, -0.2) is 9.07 Å². The topological polar surface area (TPSA) is 64.0 Å². The molecule has 0 unspecified atom stereocenters. The van der Waals surface area contributed by atoms with Gasteiger partial charge in [0.1, 0.15) is 5.82 Å². The average Bonchev–Trinajstić information content (AvgIpc) is 2.67. The van der Waals surface area contributed by atoms with Gasteiger partial charge >= 0.3 is 0 Å². The smallest absolute Gasteiger partial charge is 0.266 e. The Morgan fingerprint density at radius 2 is 1.82 bits per heavy atom. The van der Waals surface area contributed by atoms with E-state index < -0.39 is 5.82 Å². The number of aromatic nitrogens is 2.